The molecule has 1 heteroatoms. The normalized spacial score (nSPS) is 11.7. The fourth-order valence-corrected chi connectivity index (χ4v) is 2.18. The van der Waals surface area contributed by atoms with Crippen molar-refractivity contribution in [2.24, 2.45) is 0 Å². The van der Waals surface area contributed by atoms with Crippen LogP contribution in [0.15, 0.2) is 6.07 Å². The summed E-state index contributed by atoms with van der Waals surface area (Å²) in [5.41, 5.74) is 4.31. The second-order valence-corrected chi connectivity index (χ2v) is 4.44. The Morgan fingerprint density at radius 2 is 1.62 bits per heavy atom. The molecule has 0 aliphatic rings. The predicted octanol–water partition coefficient (Wildman–Crippen LogP) is 3.81. The topological polar surface area (TPSA) is 4.93 Å². The van der Waals surface area contributed by atoms with E-state index in [1.54, 1.807) is 0 Å². The van der Waals surface area contributed by atoms with Crippen molar-refractivity contribution in [3.05, 3.63) is 23.0 Å². The minimum atomic E-state index is 0.576. The Hall–Kier alpha value is -0.720. The summed E-state index contributed by atoms with van der Waals surface area (Å²) in [5.74, 6) is 0.638. The predicted molar refractivity (Wildman–Crippen MR) is 58.4 cm³/mol. The van der Waals surface area contributed by atoms with E-state index >= 15 is 0 Å². The molecule has 0 unspecified atom stereocenters. The van der Waals surface area contributed by atoms with Crippen LogP contribution in [0.3, 0.4) is 0 Å². The van der Waals surface area contributed by atoms with Crippen molar-refractivity contribution in [1.82, 2.24) is 4.57 Å². The Kier molecular flexibility index (Phi) is 2.84. The van der Waals surface area contributed by atoms with Crippen molar-refractivity contribution in [3.63, 3.8) is 0 Å². The van der Waals surface area contributed by atoms with E-state index < -0.39 is 0 Å². The van der Waals surface area contributed by atoms with Crippen molar-refractivity contribution in [2.45, 2.75) is 53.5 Å². The van der Waals surface area contributed by atoms with Gasteiger partial charge in [-0.1, -0.05) is 13.8 Å². The molecule has 0 N–H and O–H groups in total. The molecule has 1 aromatic rings. The maximum absolute atomic E-state index is 2.41. The van der Waals surface area contributed by atoms with Crippen LogP contribution in [0.4, 0.5) is 0 Å². The van der Waals surface area contributed by atoms with Crippen LogP contribution >= 0.6 is 0 Å². The van der Waals surface area contributed by atoms with Gasteiger partial charge < -0.3 is 4.57 Å². The van der Waals surface area contributed by atoms with Crippen LogP contribution < -0.4 is 0 Å². The number of rotatable bonds is 2. The van der Waals surface area contributed by atoms with Gasteiger partial charge in [0.1, 0.15) is 0 Å². The van der Waals surface area contributed by atoms with Crippen molar-refractivity contribution >= 4 is 0 Å². The highest BCUT2D eigenvalue weighted by atomic mass is 15.0. The molecule has 0 spiro atoms. The van der Waals surface area contributed by atoms with Crippen LogP contribution in [0.5, 0.6) is 0 Å². The summed E-state index contributed by atoms with van der Waals surface area (Å²) in [6.45, 7) is 13.4. The zero-order chi connectivity index (χ0) is 10.2. The van der Waals surface area contributed by atoms with Gasteiger partial charge >= 0.3 is 0 Å². The molecule has 0 bridgehead atoms. The van der Waals surface area contributed by atoms with E-state index in [0.717, 1.165) is 0 Å². The largest absolute Gasteiger partial charge is 0.346 e. The van der Waals surface area contributed by atoms with E-state index in [1.165, 1.54) is 17.0 Å². The third-order valence-electron chi connectivity index (χ3n) is 2.66. The third kappa shape index (κ3) is 1.79. The molecule has 0 saturated heterocycles. The molecule has 0 fully saturated rings. The Bertz CT molecular complexity index is 292. The molecule has 1 rings (SSSR count). The molecule has 0 amide bonds. The molecule has 13 heavy (non-hydrogen) atoms. The fourth-order valence-electron chi connectivity index (χ4n) is 2.18. The van der Waals surface area contributed by atoms with Crippen molar-refractivity contribution in [3.8, 4) is 0 Å². The summed E-state index contributed by atoms with van der Waals surface area (Å²) < 4.78 is 2.41. The van der Waals surface area contributed by atoms with Crippen LogP contribution in [-0.2, 0) is 0 Å². The molecule has 0 radical (unpaired) electrons. The van der Waals surface area contributed by atoms with Crippen LogP contribution in [0.1, 0.15) is 56.6 Å². The molecular formula is C12H21N. The first kappa shape index (κ1) is 10.4. The molecule has 1 nitrogen and oxygen atoms in total. The van der Waals surface area contributed by atoms with E-state index in [0.29, 0.717) is 12.0 Å². The average molecular weight is 179 g/mol. The van der Waals surface area contributed by atoms with Gasteiger partial charge in [-0.15, -0.1) is 0 Å². The van der Waals surface area contributed by atoms with Gasteiger partial charge in [0, 0.05) is 17.4 Å². The number of aromatic nitrogens is 1. The summed E-state index contributed by atoms with van der Waals surface area (Å²) in [5, 5.41) is 0. The lowest BCUT2D eigenvalue weighted by Crippen LogP contribution is -2.05. The second-order valence-electron chi connectivity index (χ2n) is 4.44. The highest BCUT2D eigenvalue weighted by Gasteiger charge is 2.12. The lowest BCUT2D eigenvalue weighted by Gasteiger charge is -2.14. The van der Waals surface area contributed by atoms with Gasteiger partial charge in [0.05, 0.1) is 0 Å². The van der Waals surface area contributed by atoms with Crippen molar-refractivity contribution in [2.75, 3.05) is 0 Å². The molecule has 1 aromatic heterocycles. The molecule has 0 aliphatic heterocycles. The Morgan fingerprint density at radius 3 is 1.85 bits per heavy atom. The number of nitrogens with zero attached hydrogens (tertiary/aromatic N) is 1. The van der Waals surface area contributed by atoms with Gasteiger partial charge in [-0.25, -0.2) is 0 Å². The maximum Gasteiger partial charge on any atom is 0.0279 e. The van der Waals surface area contributed by atoms with E-state index in [4.69, 9.17) is 0 Å². The van der Waals surface area contributed by atoms with E-state index in [2.05, 4.69) is 52.2 Å². The summed E-state index contributed by atoms with van der Waals surface area (Å²) in [4.78, 5) is 0. The average Bonchev–Trinajstić information content (AvgIpc) is 2.26. The third-order valence-corrected chi connectivity index (χ3v) is 2.66. The Labute approximate surface area is 81.8 Å². The number of hydrogen-bond donors (Lipinski definition) is 0. The molecule has 74 valence electrons. The van der Waals surface area contributed by atoms with E-state index in [9.17, 15) is 0 Å². The lowest BCUT2D eigenvalue weighted by molar-refractivity contribution is 0.571. The summed E-state index contributed by atoms with van der Waals surface area (Å²) in [6, 6.07) is 2.90. The first-order chi connectivity index (χ1) is 5.95. The zero-order valence-corrected chi connectivity index (χ0v) is 9.68. The first-order valence-corrected chi connectivity index (χ1v) is 5.13. The molecule has 0 aliphatic carbocycles. The zero-order valence-electron chi connectivity index (χ0n) is 9.68. The van der Waals surface area contributed by atoms with Gasteiger partial charge in [-0.2, -0.15) is 0 Å². The van der Waals surface area contributed by atoms with Crippen molar-refractivity contribution in [1.29, 1.82) is 0 Å². The van der Waals surface area contributed by atoms with Crippen LogP contribution in [0, 0.1) is 13.8 Å². The van der Waals surface area contributed by atoms with Crippen LogP contribution in [-0.4, -0.2) is 4.57 Å². The van der Waals surface area contributed by atoms with Gasteiger partial charge in [-0.05, 0) is 45.2 Å². The Balaban J connectivity index is 3.22. The number of aryl methyl sites for hydroxylation is 1. The fraction of sp³-hybridized carbons (Fsp3) is 0.667. The SMILES string of the molecule is Cc1cc(C(C)C)c(C)n1C(C)C. The maximum atomic E-state index is 2.41. The lowest BCUT2D eigenvalue weighted by atomic mass is 10.0. The summed E-state index contributed by atoms with van der Waals surface area (Å²) >= 11 is 0. The van der Waals surface area contributed by atoms with Gasteiger partial charge in [-0.3, -0.25) is 0 Å². The first-order valence-electron chi connectivity index (χ1n) is 5.13. The summed E-state index contributed by atoms with van der Waals surface area (Å²) in [7, 11) is 0. The monoisotopic (exact) mass is 179 g/mol. The van der Waals surface area contributed by atoms with Crippen LogP contribution in [0.2, 0.25) is 0 Å². The highest BCUT2D eigenvalue weighted by Crippen LogP contribution is 2.25. The van der Waals surface area contributed by atoms with Crippen molar-refractivity contribution < 1.29 is 0 Å². The quantitative estimate of drug-likeness (QED) is 0.650. The standard InChI is InChI=1S/C12H21N/c1-8(2)12-7-10(5)13(9(3)4)11(12)6/h7-9H,1-6H3. The Morgan fingerprint density at radius 1 is 1.08 bits per heavy atom. The molecule has 0 aromatic carbocycles. The van der Waals surface area contributed by atoms with Gasteiger partial charge in [0.2, 0.25) is 0 Å². The minimum absolute atomic E-state index is 0.576. The van der Waals surface area contributed by atoms with Gasteiger partial charge in [0.15, 0.2) is 0 Å². The molecule has 1 heterocycles. The number of hydrogen-bond acceptors (Lipinski definition) is 0. The van der Waals surface area contributed by atoms with Crippen LogP contribution in [0.25, 0.3) is 0 Å². The van der Waals surface area contributed by atoms with Gasteiger partial charge in [0.25, 0.3) is 0 Å². The molecule has 0 saturated carbocycles. The highest BCUT2D eigenvalue weighted by molar-refractivity contribution is 5.29. The minimum Gasteiger partial charge on any atom is -0.346 e. The molecule has 0 atom stereocenters. The molecular weight excluding hydrogens is 158 g/mol. The van der Waals surface area contributed by atoms with E-state index in [-0.39, 0.29) is 0 Å². The van der Waals surface area contributed by atoms with E-state index in [1.807, 2.05) is 0 Å². The second kappa shape index (κ2) is 3.57. The smallest absolute Gasteiger partial charge is 0.0279 e. The summed E-state index contributed by atoms with van der Waals surface area (Å²) in [6.07, 6.45) is 0.